The first-order valence-corrected chi connectivity index (χ1v) is 6.96. The van der Waals surface area contributed by atoms with E-state index in [9.17, 15) is 4.79 Å². The Balaban J connectivity index is 1.89. The Morgan fingerprint density at radius 1 is 1.50 bits per heavy atom. The molecule has 0 aliphatic carbocycles. The first-order valence-electron chi connectivity index (χ1n) is 6.58. The van der Waals surface area contributed by atoms with Gasteiger partial charge >= 0.3 is 0 Å². The van der Waals surface area contributed by atoms with Crippen molar-refractivity contribution in [2.24, 2.45) is 0 Å². The third kappa shape index (κ3) is 4.32. The summed E-state index contributed by atoms with van der Waals surface area (Å²) in [5, 5.41) is 15.7. The highest BCUT2D eigenvalue weighted by Gasteiger charge is 2.10. The molecule has 7 heteroatoms. The van der Waals surface area contributed by atoms with Crippen molar-refractivity contribution in [3.63, 3.8) is 0 Å². The standard InChI is InChI=1S/C15H15ClN4O2/c1-10-5-13(19-22-10)8-20(2)9-15(21)18-12-4-3-11(7-17)14(16)6-12/h3-6H,8-9H2,1-2H3,(H,18,21). The summed E-state index contributed by atoms with van der Waals surface area (Å²) >= 11 is 5.93. The minimum Gasteiger partial charge on any atom is -0.361 e. The molecular formula is C15H15ClN4O2. The number of likely N-dealkylation sites (N-methyl/N-ethyl adjacent to an activating group) is 1. The largest absolute Gasteiger partial charge is 0.361 e. The van der Waals surface area contributed by atoms with Crippen LogP contribution in [0.15, 0.2) is 28.8 Å². The summed E-state index contributed by atoms with van der Waals surface area (Å²) in [5.41, 5.74) is 1.70. The fraction of sp³-hybridized carbons (Fsp3) is 0.267. The second kappa shape index (κ2) is 7.07. The van der Waals surface area contributed by atoms with Crippen LogP contribution in [0.5, 0.6) is 0 Å². The zero-order valence-corrected chi connectivity index (χ0v) is 13.0. The Bertz CT molecular complexity index is 721. The predicted molar refractivity (Wildman–Crippen MR) is 82.4 cm³/mol. The topological polar surface area (TPSA) is 82.2 Å². The van der Waals surface area contributed by atoms with E-state index in [1.165, 1.54) is 0 Å². The molecular weight excluding hydrogens is 304 g/mol. The quantitative estimate of drug-likeness (QED) is 0.916. The van der Waals surface area contributed by atoms with E-state index in [0.29, 0.717) is 22.8 Å². The van der Waals surface area contributed by atoms with Gasteiger partial charge in [0.25, 0.3) is 0 Å². The highest BCUT2D eigenvalue weighted by molar-refractivity contribution is 6.32. The van der Waals surface area contributed by atoms with Gasteiger partial charge in [0.1, 0.15) is 11.8 Å². The molecule has 1 aromatic carbocycles. The maximum atomic E-state index is 12.0. The summed E-state index contributed by atoms with van der Waals surface area (Å²) in [5.74, 6) is 0.559. The molecule has 1 aromatic heterocycles. The van der Waals surface area contributed by atoms with Crippen LogP contribution < -0.4 is 5.32 Å². The molecule has 0 atom stereocenters. The maximum absolute atomic E-state index is 12.0. The molecule has 22 heavy (non-hydrogen) atoms. The van der Waals surface area contributed by atoms with Gasteiger partial charge in [0.05, 0.1) is 22.8 Å². The number of anilines is 1. The molecule has 2 rings (SSSR count). The molecule has 0 bridgehead atoms. The summed E-state index contributed by atoms with van der Waals surface area (Å²) in [7, 11) is 1.81. The van der Waals surface area contributed by atoms with Crippen LogP contribution in [0.4, 0.5) is 5.69 Å². The van der Waals surface area contributed by atoms with E-state index in [0.717, 1.165) is 11.5 Å². The van der Waals surface area contributed by atoms with Gasteiger partial charge in [0, 0.05) is 18.3 Å². The Labute approximate surface area is 133 Å². The molecule has 0 saturated carbocycles. The van der Waals surface area contributed by atoms with Crippen molar-refractivity contribution in [2.45, 2.75) is 13.5 Å². The van der Waals surface area contributed by atoms with E-state index in [2.05, 4.69) is 10.5 Å². The van der Waals surface area contributed by atoms with Gasteiger partial charge in [0.15, 0.2) is 0 Å². The minimum absolute atomic E-state index is 0.177. The predicted octanol–water partition coefficient (Wildman–Crippen LogP) is 2.58. The van der Waals surface area contributed by atoms with Crippen molar-refractivity contribution in [2.75, 3.05) is 18.9 Å². The number of aromatic nitrogens is 1. The summed E-state index contributed by atoms with van der Waals surface area (Å²) in [4.78, 5) is 13.8. The van der Waals surface area contributed by atoms with E-state index < -0.39 is 0 Å². The van der Waals surface area contributed by atoms with Gasteiger partial charge in [-0.1, -0.05) is 16.8 Å². The number of nitrogens with zero attached hydrogens (tertiary/aromatic N) is 3. The maximum Gasteiger partial charge on any atom is 0.238 e. The highest BCUT2D eigenvalue weighted by atomic mass is 35.5. The van der Waals surface area contributed by atoms with Gasteiger partial charge in [-0.25, -0.2) is 0 Å². The van der Waals surface area contributed by atoms with Crippen molar-refractivity contribution in [1.29, 1.82) is 5.26 Å². The van der Waals surface area contributed by atoms with Gasteiger partial charge in [-0.05, 0) is 32.2 Å². The summed E-state index contributed by atoms with van der Waals surface area (Å²) in [6.45, 7) is 2.53. The smallest absolute Gasteiger partial charge is 0.238 e. The second-order valence-electron chi connectivity index (χ2n) is 4.96. The highest BCUT2D eigenvalue weighted by Crippen LogP contribution is 2.20. The number of hydrogen-bond donors (Lipinski definition) is 1. The number of hydrogen-bond acceptors (Lipinski definition) is 5. The molecule has 0 saturated heterocycles. The van der Waals surface area contributed by atoms with Crippen LogP contribution in [-0.2, 0) is 11.3 Å². The zero-order valence-electron chi connectivity index (χ0n) is 12.3. The monoisotopic (exact) mass is 318 g/mol. The van der Waals surface area contributed by atoms with Crippen molar-refractivity contribution in [3.05, 3.63) is 46.3 Å². The van der Waals surface area contributed by atoms with E-state index in [1.807, 2.05) is 31.0 Å². The molecule has 0 radical (unpaired) electrons. The molecule has 1 amide bonds. The average molecular weight is 319 g/mol. The Morgan fingerprint density at radius 3 is 2.86 bits per heavy atom. The number of nitriles is 1. The molecule has 0 aliphatic rings. The van der Waals surface area contributed by atoms with Crippen LogP contribution in [0.1, 0.15) is 17.0 Å². The number of halogens is 1. The lowest BCUT2D eigenvalue weighted by Crippen LogP contribution is -2.29. The van der Waals surface area contributed by atoms with E-state index in [4.69, 9.17) is 21.4 Å². The lowest BCUT2D eigenvalue weighted by Gasteiger charge is -2.14. The van der Waals surface area contributed by atoms with Crippen LogP contribution in [-0.4, -0.2) is 29.6 Å². The van der Waals surface area contributed by atoms with Crippen LogP contribution in [0.3, 0.4) is 0 Å². The molecule has 1 N–H and O–H groups in total. The van der Waals surface area contributed by atoms with Gasteiger partial charge in [-0.2, -0.15) is 5.26 Å². The van der Waals surface area contributed by atoms with E-state index in [-0.39, 0.29) is 12.5 Å². The summed E-state index contributed by atoms with van der Waals surface area (Å²) in [6, 6.07) is 8.56. The first-order chi connectivity index (χ1) is 10.5. The van der Waals surface area contributed by atoms with Crippen molar-refractivity contribution in [3.8, 4) is 6.07 Å². The molecule has 0 unspecified atom stereocenters. The normalized spacial score (nSPS) is 10.5. The minimum atomic E-state index is -0.177. The Hall–Kier alpha value is -2.36. The lowest BCUT2D eigenvalue weighted by molar-refractivity contribution is -0.117. The third-order valence-electron chi connectivity index (χ3n) is 2.90. The van der Waals surface area contributed by atoms with Gasteiger partial charge in [-0.3, -0.25) is 9.69 Å². The van der Waals surface area contributed by atoms with Gasteiger partial charge in [-0.15, -0.1) is 0 Å². The number of benzene rings is 1. The van der Waals surface area contributed by atoms with Crippen molar-refractivity contribution >= 4 is 23.2 Å². The number of nitrogens with one attached hydrogen (secondary N) is 1. The second-order valence-corrected chi connectivity index (χ2v) is 5.36. The molecule has 0 spiro atoms. The van der Waals surface area contributed by atoms with Crippen LogP contribution >= 0.6 is 11.6 Å². The molecule has 0 aliphatic heterocycles. The molecule has 0 fully saturated rings. The number of carbonyl (C=O) groups is 1. The molecule has 6 nitrogen and oxygen atoms in total. The van der Waals surface area contributed by atoms with E-state index in [1.54, 1.807) is 18.2 Å². The lowest BCUT2D eigenvalue weighted by atomic mass is 10.2. The molecule has 114 valence electrons. The van der Waals surface area contributed by atoms with Crippen LogP contribution in [0.2, 0.25) is 5.02 Å². The third-order valence-corrected chi connectivity index (χ3v) is 3.21. The fourth-order valence-electron chi connectivity index (χ4n) is 1.95. The van der Waals surface area contributed by atoms with Crippen LogP contribution in [0, 0.1) is 18.3 Å². The van der Waals surface area contributed by atoms with Gasteiger partial charge < -0.3 is 9.84 Å². The number of aryl methyl sites for hydroxylation is 1. The number of rotatable bonds is 5. The molecule has 2 aromatic rings. The average Bonchev–Trinajstić information content (AvgIpc) is 2.83. The first kappa shape index (κ1) is 16.0. The zero-order chi connectivity index (χ0) is 16.1. The fourth-order valence-corrected chi connectivity index (χ4v) is 2.18. The Morgan fingerprint density at radius 2 is 2.27 bits per heavy atom. The number of amides is 1. The van der Waals surface area contributed by atoms with Crippen LogP contribution in [0.25, 0.3) is 0 Å². The van der Waals surface area contributed by atoms with Gasteiger partial charge in [0.2, 0.25) is 5.91 Å². The van der Waals surface area contributed by atoms with Crippen molar-refractivity contribution < 1.29 is 9.32 Å². The summed E-state index contributed by atoms with van der Waals surface area (Å²) < 4.78 is 4.98. The molecule has 1 heterocycles. The SMILES string of the molecule is Cc1cc(CN(C)CC(=O)Nc2ccc(C#N)c(Cl)c2)no1. The van der Waals surface area contributed by atoms with Crippen molar-refractivity contribution in [1.82, 2.24) is 10.1 Å². The summed E-state index contributed by atoms with van der Waals surface area (Å²) in [6.07, 6.45) is 0. The number of carbonyl (C=O) groups excluding carboxylic acids is 1. The Kier molecular flexibility index (Phi) is 5.15. The van der Waals surface area contributed by atoms with E-state index >= 15 is 0 Å².